The molecule has 0 amide bonds. The van der Waals surface area contributed by atoms with E-state index in [4.69, 9.17) is 20.9 Å². The number of hydrogen-bond acceptors (Lipinski definition) is 8. The van der Waals surface area contributed by atoms with Crippen LogP contribution in [0.1, 0.15) is 50.7 Å². The zero-order valence-corrected chi connectivity index (χ0v) is 18.1. The second kappa shape index (κ2) is 8.44. The molecule has 8 nitrogen and oxygen atoms in total. The fraction of sp³-hybridized carbons (Fsp3) is 0.250. The van der Waals surface area contributed by atoms with Gasteiger partial charge in [-0.25, -0.2) is 0 Å². The van der Waals surface area contributed by atoms with Crippen molar-refractivity contribution in [1.29, 1.82) is 10.5 Å². The van der Waals surface area contributed by atoms with Gasteiger partial charge in [-0.1, -0.05) is 24.3 Å². The summed E-state index contributed by atoms with van der Waals surface area (Å²) >= 11 is 0. The van der Waals surface area contributed by atoms with E-state index >= 15 is 0 Å². The molecule has 32 heavy (non-hydrogen) atoms. The molecule has 162 valence electrons. The minimum atomic E-state index is -0.747. The highest BCUT2D eigenvalue weighted by Gasteiger charge is 2.36. The van der Waals surface area contributed by atoms with Crippen LogP contribution >= 0.6 is 0 Å². The Morgan fingerprint density at radius 1 is 0.844 bits per heavy atom. The highest BCUT2D eigenvalue weighted by Crippen LogP contribution is 2.43. The first kappa shape index (κ1) is 22.4. The maximum Gasteiger partial charge on any atom is 0.205 e. The van der Waals surface area contributed by atoms with Crippen molar-refractivity contribution in [3.63, 3.8) is 0 Å². The smallest absolute Gasteiger partial charge is 0.205 e. The minimum Gasteiger partial charge on any atom is -0.445 e. The first-order valence-electron chi connectivity index (χ1n) is 9.80. The van der Waals surface area contributed by atoms with Crippen molar-refractivity contribution in [2.75, 3.05) is 0 Å². The van der Waals surface area contributed by atoms with Gasteiger partial charge in [0.25, 0.3) is 0 Å². The number of rotatable bonds is 4. The molecule has 0 fully saturated rings. The van der Waals surface area contributed by atoms with Crippen LogP contribution in [0.25, 0.3) is 0 Å². The Labute approximate surface area is 185 Å². The topological polar surface area (TPSA) is 152 Å². The number of nitriles is 2. The zero-order chi connectivity index (χ0) is 23.7. The Kier molecular flexibility index (Phi) is 5.91. The van der Waals surface area contributed by atoms with Crippen molar-refractivity contribution < 1.29 is 19.1 Å². The normalized spacial score (nSPS) is 20.9. The highest BCUT2D eigenvalue weighted by atomic mass is 16.5. The summed E-state index contributed by atoms with van der Waals surface area (Å²) in [6.45, 7) is 6.02. The number of carbonyl (C=O) groups is 2. The van der Waals surface area contributed by atoms with Gasteiger partial charge in [-0.2, -0.15) is 10.5 Å². The molecule has 3 rings (SSSR count). The van der Waals surface area contributed by atoms with Crippen LogP contribution in [-0.2, 0) is 19.1 Å². The third-order valence-electron chi connectivity index (χ3n) is 5.55. The molecule has 2 heterocycles. The van der Waals surface area contributed by atoms with Crippen molar-refractivity contribution in [2.45, 2.75) is 39.5 Å². The van der Waals surface area contributed by atoms with Gasteiger partial charge in [0.2, 0.25) is 11.8 Å². The number of allylic oxidation sites excluding steroid dienone is 6. The molecule has 0 bridgehead atoms. The van der Waals surface area contributed by atoms with Crippen LogP contribution in [0.15, 0.2) is 69.8 Å². The number of Topliss-reactive ketones (excluding diaryl/α,β-unsaturated/α-hetero) is 2. The lowest BCUT2D eigenvalue weighted by Crippen LogP contribution is -2.25. The van der Waals surface area contributed by atoms with Gasteiger partial charge < -0.3 is 20.9 Å². The van der Waals surface area contributed by atoms with Gasteiger partial charge in [0, 0.05) is 11.1 Å². The Morgan fingerprint density at radius 3 is 1.53 bits per heavy atom. The molecule has 2 atom stereocenters. The Balaban J connectivity index is 2.25. The van der Waals surface area contributed by atoms with Crippen molar-refractivity contribution >= 4 is 11.6 Å². The quantitative estimate of drug-likeness (QED) is 0.739. The second-order valence-electron chi connectivity index (χ2n) is 7.57. The lowest BCUT2D eigenvalue weighted by molar-refractivity contribution is -0.114. The molecule has 2 aliphatic rings. The van der Waals surface area contributed by atoms with Crippen molar-refractivity contribution in [3.8, 4) is 12.1 Å². The molecule has 0 radical (unpaired) electrons. The number of ketones is 2. The van der Waals surface area contributed by atoms with E-state index in [1.165, 1.54) is 13.8 Å². The maximum atomic E-state index is 12.4. The second-order valence-corrected chi connectivity index (χ2v) is 7.57. The van der Waals surface area contributed by atoms with Gasteiger partial charge in [-0.05, 0) is 38.8 Å². The van der Waals surface area contributed by atoms with Crippen LogP contribution in [-0.4, -0.2) is 11.6 Å². The lowest BCUT2D eigenvalue weighted by atomic mass is 9.77. The van der Waals surface area contributed by atoms with Crippen LogP contribution in [0, 0.1) is 22.7 Å². The van der Waals surface area contributed by atoms with E-state index in [1.807, 2.05) is 12.1 Å². The lowest BCUT2D eigenvalue weighted by Gasteiger charge is -2.29. The maximum absolute atomic E-state index is 12.4. The molecule has 2 aliphatic heterocycles. The number of nitrogens with two attached hydrogens (primary N) is 2. The Morgan fingerprint density at radius 2 is 1.22 bits per heavy atom. The van der Waals surface area contributed by atoms with E-state index in [2.05, 4.69) is 0 Å². The third kappa shape index (κ3) is 3.63. The van der Waals surface area contributed by atoms with Gasteiger partial charge in [0.1, 0.15) is 34.8 Å². The molecule has 0 aromatic heterocycles. The fourth-order valence-electron chi connectivity index (χ4n) is 4.26. The molecule has 4 N–H and O–H groups in total. The molecule has 0 saturated heterocycles. The van der Waals surface area contributed by atoms with Gasteiger partial charge in [0.15, 0.2) is 11.6 Å². The number of benzene rings is 1. The van der Waals surface area contributed by atoms with Crippen LogP contribution in [0.4, 0.5) is 0 Å². The third-order valence-corrected chi connectivity index (χ3v) is 5.55. The van der Waals surface area contributed by atoms with Crippen LogP contribution in [0.2, 0.25) is 0 Å². The summed E-state index contributed by atoms with van der Waals surface area (Å²) in [7, 11) is 0. The summed E-state index contributed by atoms with van der Waals surface area (Å²) in [5.74, 6) is -1.52. The van der Waals surface area contributed by atoms with E-state index < -0.39 is 11.8 Å². The number of carbonyl (C=O) groups excluding carboxylic acids is 2. The molecule has 0 aliphatic carbocycles. The molecular weight excluding hydrogens is 408 g/mol. The van der Waals surface area contributed by atoms with E-state index in [9.17, 15) is 20.1 Å². The SMILES string of the molecule is CC(=O)C1=C(C)OC(N)=C(C#N)[C@H]1c1cccc([C@H]2C(C#N)=C(N)OC(C)=C2C(C)=O)c1. The first-order valence-corrected chi connectivity index (χ1v) is 9.80. The average Bonchev–Trinajstić information content (AvgIpc) is 2.72. The predicted octanol–water partition coefficient (Wildman–Crippen LogP) is 3.03. The Hall–Kier alpha value is -4.30. The van der Waals surface area contributed by atoms with Gasteiger partial charge >= 0.3 is 0 Å². The molecule has 1 aromatic carbocycles. The van der Waals surface area contributed by atoms with E-state index in [-0.39, 0.29) is 34.5 Å². The van der Waals surface area contributed by atoms with Crippen LogP contribution in [0.3, 0.4) is 0 Å². The standard InChI is InChI=1S/C24H22N4O4/c1-11(29)19-13(3)31-23(27)17(9-25)21(19)15-6-5-7-16(8-15)22-18(10-26)24(28)32-14(4)20(22)12(2)30/h5-8,21-22H,27-28H2,1-4H3/t21-,22+. The monoisotopic (exact) mass is 430 g/mol. The van der Waals surface area contributed by atoms with Crippen molar-refractivity contribution in [1.82, 2.24) is 0 Å². The van der Waals surface area contributed by atoms with Crippen LogP contribution in [0.5, 0.6) is 0 Å². The minimum absolute atomic E-state index is 0.0708. The van der Waals surface area contributed by atoms with Crippen molar-refractivity contribution in [2.24, 2.45) is 11.5 Å². The molecule has 0 unspecified atom stereocenters. The molecule has 0 spiro atoms. The Bertz CT molecular complexity index is 1160. The molecule has 0 saturated carbocycles. The van der Waals surface area contributed by atoms with E-state index in [0.29, 0.717) is 33.8 Å². The summed E-state index contributed by atoms with van der Waals surface area (Å²) < 4.78 is 10.9. The number of hydrogen-bond donors (Lipinski definition) is 2. The first-order chi connectivity index (χ1) is 15.1. The summed E-state index contributed by atoms with van der Waals surface area (Å²) in [5.41, 5.74) is 13.9. The summed E-state index contributed by atoms with van der Waals surface area (Å²) in [5, 5.41) is 19.4. The summed E-state index contributed by atoms with van der Waals surface area (Å²) in [4.78, 5) is 24.9. The summed E-state index contributed by atoms with van der Waals surface area (Å²) in [6, 6.07) is 11.1. The van der Waals surface area contributed by atoms with E-state index in [1.54, 1.807) is 38.1 Å². The van der Waals surface area contributed by atoms with Gasteiger partial charge in [0.05, 0.1) is 11.8 Å². The molecular formula is C24H22N4O4. The largest absolute Gasteiger partial charge is 0.445 e. The van der Waals surface area contributed by atoms with Crippen LogP contribution < -0.4 is 11.5 Å². The predicted molar refractivity (Wildman–Crippen MR) is 115 cm³/mol. The summed E-state index contributed by atoms with van der Waals surface area (Å²) in [6.07, 6.45) is 0. The van der Waals surface area contributed by atoms with Gasteiger partial charge in [-0.3, -0.25) is 9.59 Å². The zero-order valence-electron chi connectivity index (χ0n) is 18.1. The molecule has 8 heteroatoms. The molecule has 1 aromatic rings. The van der Waals surface area contributed by atoms with Crippen molar-refractivity contribution in [3.05, 3.63) is 81.0 Å². The highest BCUT2D eigenvalue weighted by molar-refractivity contribution is 5.97. The van der Waals surface area contributed by atoms with Gasteiger partial charge in [-0.15, -0.1) is 0 Å². The number of nitrogens with zero attached hydrogens (tertiary/aromatic N) is 2. The average molecular weight is 430 g/mol. The fourth-order valence-corrected chi connectivity index (χ4v) is 4.26. The number of ether oxygens (including phenoxy) is 2. The van der Waals surface area contributed by atoms with E-state index in [0.717, 1.165) is 0 Å².